The van der Waals surface area contributed by atoms with Crippen molar-refractivity contribution in [3.63, 3.8) is 0 Å². The quantitative estimate of drug-likeness (QED) is 0.434. The van der Waals surface area contributed by atoms with Gasteiger partial charge in [0.05, 0.1) is 10.0 Å². The molecule has 2 heterocycles. The molecule has 0 atom stereocenters. The predicted octanol–water partition coefficient (Wildman–Crippen LogP) is 6.18. The average molecular weight is 414 g/mol. The van der Waals surface area contributed by atoms with Gasteiger partial charge in [-0.25, -0.2) is 0 Å². The van der Waals surface area contributed by atoms with Gasteiger partial charge in [-0.05, 0) is 50.2 Å². The lowest BCUT2D eigenvalue weighted by Gasteiger charge is -2.08. The summed E-state index contributed by atoms with van der Waals surface area (Å²) in [6, 6.07) is 12.9. The smallest absolute Gasteiger partial charge is 0.261 e. The zero-order chi connectivity index (χ0) is 19.8. The number of nitrogens with one attached hydrogen (secondary N) is 1. The van der Waals surface area contributed by atoms with Crippen molar-refractivity contribution in [3.8, 4) is 11.3 Å². The van der Waals surface area contributed by atoms with E-state index in [9.17, 15) is 4.79 Å². The van der Waals surface area contributed by atoms with E-state index in [2.05, 4.69) is 22.0 Å². The number of benzene rings is 2. The minimum Gasteiger partial charge on any atom is -0.360 e. The van der Waals surface area contributed by atoms with Gasteiger partial charge in [-0.15, -0.1) is 0 Å². The van der Waals surface area contributed by atoms with Crippen LogP contribution in [0.3, 0.4) is 0 Å². The first kappa shape index (κ1) is 18.6. The highest BCUT2D eigenvalue weighted by Gasteiger charge is 2.25. The Labute approximate surface area is 171 Å². The molecular formula is C21H17Cl2N3O2. The summed E-state index contributed by atoms with van der Waals surface area (Å²) in [5.41, 5.74) is 2.90. The molecule has 4 rings (SSSR count). The molecule has 28 heavy (non-hydrogen) atoms. The van der Waals surface area contributed by atoms with Crippen molar-refractivity contribution < 1.29 is 9.32 Å². The molecule has 0 fully saturated rings. The molecular weight excluding hydrogens is 397 g/mol. The van der Waals surface area contributed by atoms with Crippen LogP contribution in [-0.4, -0.2) is 15.6 Å². The van der Waals surface area contributed by atoms with Crippen LogP contribution in [0.2, 0.25) is 10.0 Å². The van der Waals surface area contributed by atoms with Gasteiger partial charge < -0.3 is 14.4 Å². The maximum Gasteiger partial charge on any atom is 0.261 e. The maximum absolute atomic E-state index is 13.0. The number of hydrogen-bond donors (Lipinski definition) is 1. The summed E-state index contributed by atoms with van der Waals surface area (Å²) in [6.07, 6.45) is 2.03. The highest BCUT2D eigenvalue weighted by molar-refractivity contribution is 6.39. The van der Waals surface area contributed by atoms with Gasteiger partial charge in [-0.1, -0.05) is 34.4 Å². The number of halogens is 2. The molecule has 0 bridgehead atoms. The van der Waals surface area contributed by atoms with Crippen molar-refractivity contribution in [3.05, 3.63) is 70.0 Å². The average Bonchev–Trinajstić information content (AvgIpc) is 3.24. The summed E-state index contributed by atoms with van der Waals surface area (Å²) >= 11 is 12.6. The van der Waals surface area contributed by atoms with Crippen LogP contribution in [0.25, 0.3) is 22.2 Å². The molecule has 0 aliphatic rings. The summed E-state index contributed by atoms with van der Waals surface area (Å²) in [5, 5.41) is 8.80. The van der Waals surface area contributed by atoms with E-state index in [0.29, 0.717) is 38.3 Å². The van der Waals surface area contributed by atoms with Crippen molar-refractivity contribution in [2.24, 2.45) is 0 Å². The van der Waals surface area contributed by atoms with Gasteiger partial charge in [0, 0.05) is 34.9 Å². The largest absolute Gasteiger partial charge is 0.360 e. The number of carbonyl (C=O) groups is 1. The van der Waals surface area contributed by atoms with Gasteiger partial charge in [0.1, 0.15) is 17.0 Å². The number of aryl methyl sites for hydroxylation is 2. The van der Waals surface area contributed by atoms with E-state index in [1.165, 1.54) is 0 Å². The minimum absolute atomic E-state index is 0.307. The molecule has 2 aromatic heterocycles. The Kier molecular flexibility index (Phi) is 4.87. The molecule has 7 heteroatoms. The molecule has 0 aliphatic heterocycles. The number of rotatable bonds is 4. The number of aromatic nitrogens is 2. The number of anilines is 1. The van der Waals surface area contributed by atoms with Crippen LogP contribution < -0.4 is 5.32 Å². The van der Waals surface area contributed by atoms with E-state index in [4.69, 9.17) is 27.7 Å². The highest BCUT2D eigenvalue weighted by atomic mass is 35.5. The van der Waals surface area contributed by atoms with Crippen LogP contribution >= 0.6 is 23.2 Å². The third-order valence-corrected chi connectivity index (χ3v) is 5.29. The van der Waals surface area contributed by atoms with Gasteiger partial charge in [0.25, 0.3) is 5.91 Å². The Morgan fingerprint density at radius 2 is 1.93 bits per heavy atom. The maximum atomic E-state index is 13.0. The number of hydrogen-bond acceptors (Lipinski definition) is 3. The van der Waals surface area contributed by atoms with Crippen molar-refractivity contribution in [1.82, 2.24) is 9.72 Å². The van der Waals surface area contributed by atoms with Crippen molar-refractivity contribution in [1.29, 1.82) is 0 Å². The molecule has 1 amide bonds. The van der Waals surface area contributed by atoms with Crippen molar-refractivity contribution in [2.75, 3.05) is 5.32 Å². The second-order valence-corrected chi connectivity index (χ2v) is 7.20. The topological polar surface area (TPSA) is 60.1 Å². The fourth-order valence-electron chi connectivity index (χ4n) is 3.28. The molecule has 0 radical (unpaired) electrons. The van der Waals surface area contributed by atoms with Crippen molar-refractivity contribution >= 4 is 45.7 Å². The molecule has 1 N–H and O–H groups in total. The fraction of sp³-hybridized carbons (Fsp3) is 0.143. The number of nitrogens with zero attached hydrogens (tertiary/aromatic N) is 2. The third-order valence-electron chi connectivity index (χ3n) is 4.66. The van der Waals surface area contributed by atoms with E-state index in [1.54, 1.807) is 25.1 Å². The monoisotopic (exact) mass is 413 g/mol. The number of fused-ring (bicyclic) bond motifs is 1. The lowest BCUT2D eigenvalue weighted by atomic mass is 10.1. The van der Waals surface area contributed by atoms with Crippen LogP contribution in [0.4, 0.5) is 5.69 Å². The van der Waals surface area contributed by atoms with E-state index in [0.717, 1.165) is 17.4 Å². The van der Waals surface area contributed by atoms with Gasteiger partial charge in [-0.2, -0.15) is 0 Å². The summed E-state index contributed by atoms with van der Waals surface area (Å²) in [6.45, 7) is 4.66. The Hall–Kier alpha value is -2.76. The van der Waals surface area contributed by atoms with E-state index in [1.807, 2.05) is 30.5 Å². The SMILES string of the molecule is CCn1ccc2cc(NC(=O)c3c(-c4c(Cl)cccc4Cl)noc3C)ccc21. The summed E-state index contributed by atoms with van der Waals surface area (Å²) in [5.74, 6) is 0.0562. The molecule has 4 aromatic rings. The summed E-state index contributed by atoms with van der Waals surface area (Å²) in [4.78, 5) is 13.0. The molecule has 2 aromatic carbocycles. The second-order valence-electron chi connectivity index (χ2n) is 6.39. The van der Waals surface area contributed by atoms with E-state index < -0.39 is 0 Å². The zero-order valence-corrected chi connectivity index (χ0v) is 16.8. The second kappa shape index (κ2) is 7.34. The van der Waals surface area contributed by atoms with Crippen molar-refractivity contribution in [2.45, 2.75) is 20.4 Å². The fourth-order valence-corrected chi connectivity index (χ4v) is 3.86. The Morgan fingerprint density at radius 1 is 1.18 bits per heavy atom. The minimum atomic E-state index is -0.334. The first-order valence-electron chi connectivity index (χ1n) is 8.80. The van der Waals surface area contributed by atoms with Crippen LogP contribution in [0, 0.1) is 6.92 Å². The Bertz CT molecular complexity index is 1170. The van der Waals surface area contributed by atoms with E-state index >= 15 is 0 Å². The van der Waals surface area contributed by atoms with Gasteiger partial charge >= 0.3 is 0 Å². The van der Waals surface area contributed by atoms with Gasteiger partial charge in [0.2, 0.25) is 0 Å². The molecule has 0 saturated carbocycles. The Morgan fingerprint density at radius 3 is 2.64 bits per heavy atom. The lowest BCUT2D eigenvalue weighted by molar-refractivity contribution is 0.102. The van der Waals surface area contributed by atoms with Crippen LogP contribution in [0.15, 0.2) is 53.2 Å². The van der Waals surface area contributed by atoms with Crippen LogP contribution in [0.1, 0.15) is 23.0 Å². The van der Waals surface area contributed by atoms with E-state index in [-0.39, 0.29) is 5.91 Å². The molecule has 0 unspecified atom stereocenters. The molecule has 5 nitrogen and oxygen atoms in total. The highest BCUT2D eigenvalue weighted by Crippen LogP contribution is 2.37. The lowest BCUT2D eigenvalue weighted by Crippen LogP contribution is -2.13. The third kappa shape index (κ3) is 3.17. The van der Waals surface area contributed by atoms with Crippen LogP contribution in [-0.2, 0) is 6.54 Å². The first-order chi connectivity index (χ1) is 13.5. The number of amides is 1. The standard InChI is InChI=1S/C21H17Cl2N3O2/c1-3-26-10-9-13-11-14(7-8-17(13)26)24-21(27)18-12(2)28-25-20(18)19-15(22)5-4-6-16(19)23/h4-11H,3H2,1-2H3,(H,24,27). The molecule has 0 aliphatic carbocycles. The normalized spacial score (nSPS) is 11.1. The number of carbonyl (C=O) groups excluding carboxylic acids is 1. The zero-order valence-electron chi connectivity index (χ0n) is 15.3. The summed E-state index contributed by atoms with van der Waals surface area (Å²) in [7, 11) is 0. The van der Waals surface area contributed by atoms with Gasteiger partial charge in [0.15, 0.2) is 0 Å². The predicted molar refractivity (Wildman–Crippen MR) is 112 cm³/mol. The first-order valence-corrected chi connectivity index (χ1v) is 9.56. The van der Waals surface area contributed by atoms with Gasteiger partial charge in [-0.3, -0.25) is 4.79 Å². The molecule has 0 spiro atoms. The molecule has 0 saturated heterocycles. The Balaban J connectivity index is 1.71. The summed E-state index contributed by atoms with van der Waals surface area (Å²) < 4.78 is 7.42. The molecule has 142 valence electrons. The van der Waals surface area contributed by atoms with Crippen LogP contribution in [0.5, 0.6) is 0 Å².